The van der Waals surface area contributed by atoms with Crippen molar-refractivity contribution in [2.45, 2.75) is 45.6 Å². The second-order valence-electron chi connectivity index (χ2n) is 9.51. The number of halogens is 2. The highest BCUT2D eigenvalue weighted by Crippen LogP contribution is 2.45. The van der Waals surface area contributed by atoms with Crippen LogP contribution in [-0.2, 0) is 13.0 Å². The van der Waals surface area contributed by atoms with Gasteiger partial charge in [-0.2, -0.15) is 0 Å². The lowest BCUT2D eigenvalue weighted by Gasteiger charge is -2.13. The summed E-state index contributed by atoms with van der Waals surface area (Å²) in [6, 6.07) is 10.9. The van der Waals surface area contributed by atoms with E-state index < -0.39 is 11.8 Å². The van der Waals surface area contributed by atoms with Crippen molar-refractivity contribution in [1.29, 1.82) is 0 Å². The zero-order valence-corrected chi connectivity index (χ0v) is 22.4. The molecule has 3 N–H and O–H groups in total. The average molecular weight is 538 g/mol. The summed E-state index contributed by atoms with van der Waals surface area (Å²) in [6.07, 6.45) is 4.61. The molecule has 8 heteroatoms. The summed E-state index contributed by atoms with van der Waals surface area (Å²) < 4.78 is 2.19. The van der Waals surface area contributed by atoms with Gasteiger partial charge in [-0.1, -0.05) is 42.6 Å². The largest absolute Gasteiger partial charge is 0.508 e. The Kier molecular flexibility index (Phi) is 7.17. The summed E-state index contributed by atoms with van der Waals surface area (Å²) in [7, 11) is 1.93. The molecule has 0 bridgehead atoms. The summed E-state index contributed by atoms with van der Waals surface area (Å²) in [5.41, 5.74) is 4.22. The number of imide groups is 1. The van der Waals surface area contributed by atoms with E-state index >= 15 is 0 Å². The quantitative estimate of drug-likeness (QED) is 0.164. The van der Waals surface area contributed by atoms with Gasteiger partial charge in [0.25, 0.3) is 11.8 Å². The smallest absolute Gasteiger partial charge is 0.259 e. The van der Waals surface area contributed by atoms with E-state index in [9.17, 15) is 14.7 Å². The maximum Gasteiger partial charge on any atom is 0.259 e. The third-order valence-electron chi connectivity index (χ3n) is 7.13. The highest BCUT2D eigenvalue weighted by molar-refractivity contribution is 6.41. The number of fused-ring (bicyclic) bond motifs is 5. The number of phenols is 1. The Hall–Kier alpha value is -3.06. The standard InChI is InChI=1S/C29H29Cl2N3O3/c1-3-4-12-34-21-13-16(8-5-6-11-32-2)23(35)15-17(21)25-22(34)14-18(24-19(30)9-7-10-20(24)31)26-27(25)29(37)33-28(26)36/h7,9-10,13-15,32,35H,3-6,8,11-12H2,1-2H3,(H,33,36,37). The lowest BCUT2D eigenvalue weighted by atomic mass is 9.92. The molecule has 0 unspecified atom stereocenters. The number of unbranched alkanes of at least 4 members (excludes halogenated alkanes) is 2. The molecule has 1 aromatic heterocycles. The van der Waals surface area contributed by atoms with E-state index in [0.29, 0.717) is 32.1 Å². The van der Waals surface area contributed by atoms with Crippen LogP contribution in [-0.4, -0.2) is 35.1 Å². The van der Waals surface area contributed by atoms with Crippen LogP contribution in [0.2, 0.25) is 10.0 Å². The van der Waals surface area contributed by atoms with Crippen LogP contribution in [0.5, 0.6) is 5.75 Å². The van der Waals surface area contributed by atoms with Crippen molar-refractivity contribution in [1.82, 2.24) is 15.2 Å². The number of carbonyl (C=O) groups excluding carboxylic acids is 2. The van der Waals surface area contributed by atoms with Gasteiger partial charge in [0.05, 0.1) is 16.6 Å². The molecule has 0 atom stereocenters. The highest BCUT2D eigenvalue weighted by atomic mass is 35.5. The molecular weight excluding hydrogens is 509 g/mol. The van der Waals surface area contributed by atoms with E-state index in [-0.39, 0.29) is 11.3 Å². The highest BCUT2D eigenvalue weighted by Gasteiger charge is 2.35. The fourth-order valence-electron chi connectivity index (χ4n) is 5.35. The van der Waals surface area contributed by atoms with Crippen LogP contribution in [0.15, 0.2) is 36.4 Å². The van der Waals surface area contributed by atoms with E-state index in [1.165, 1.54) is 0 Å². The molecule has 37 heavy (non-hydrogen) atoms. The van der Waals surface area contributed by atoms with E-state index in [0.717, 1.165) is 67.2 Å². The van der Waals surface area contributed by atoms with Crippen molar-refractivity contribution in [3.63, 3.8) is 0 Å². The Morgan fingerprint density at radius 1 is 0.946 bits per heavy atom. The molecule has 2 heterocycles. The first-order valence-electron chi connectivity index (χ1n) is 12.7. The number of benzene rings is 3. The number of rotatable bonds is 9. The van der Waals surface area contributed by atoms with Crippen molar-refractivity contribution in [2.75, 3.05) is 13.6 Å². The second kappa shape index (κ2) is 10.4. The number of nitrogens with zero attached hydrogens (tertiary/aromatic N) is 1. The van der Waals surface area contributed by atoms with Crippen molar-refractivity contribution in [3.05, 3.63) is 63.1 Å². The molecule has 0 fully saturated rings. The zero-order valence-electron chi connectivity index (χ0n) is 20.9. The van der Waals surface area contributed by atoms with Crippen molar-refractivity contribution in [2.24, 2.45) is 0 Å². The lowest BCUT2D eigenvalue weighted by molar-refractivity contribution is 0.0880. The molecule has 1 aliphatic rings. The van der Waals surface area contributed by atoms with Gasteiger partial charge in [-0.25, -0.2) is 0 Å². The first kappa shape index (κ1) is 25.6. The minimum Gasteiger partial charge on any atom is -0.508 e. The molecule has 3 aromatic carbocycles. The first-order valence-corrected chi connectivity index (χ1v) is 13.4. The number of aryl methyl sites for hydroxylation is 2. The number of nitrogens with one attached hydrogen (secondary N) is 2. The molecule has 192 valence electrons. The zero-order chi connectivity index (χ0) is 26.3. The fraction of sp³-hybridized carbons (Fsp3) is 0.310. The summed E-state index contributed by atoms with van der Waals surface area (Å²) in [4.78, 5) is 26.3. The number of phenolic OH excluding ortho intramolecular Hbond substituents is 1. The lowest BCUT2D eigenvalue weighted by Crippen LogP contribution is -2.20. The Bertz CT molecular complexity index is 1540. The SMILES string of the molecule is CCCCn1c2cc(CCCCNC)c(O)cc2c2c3c(c(-c4c(Cl)cccc4Cl)cc21)C(=O)NC3=O. The van der Waals surface area contributed by atoms with E-state index in [1.54, 1.807) is 24.3 Å². The molecule has 5 rings (SSSR count). The number of hydrogen-bond donors (Lipinski definition) is 3. The van der Waals surface area contributed by atoms with Gasteiger partial charge in [-0.3, -0.25) is 14.9 Å². The maximum absolute atomic E-state index is 13.2. The number of hydrogen-bond acceptors (Lipinski definition) is 4. The van der Waals surface area contributed by atoms with Gasteiger partial charge in [-0.15, -0.1) is 0 Å². The van der Waals surface area contributed by atoms with E-state index in [4.69, 9.17) is 23.2 Å². The number of aromatic nitrogens is 1. The van der Waals surface area contributed by atoms with Crippen molar-refractivity contribution < 1.29 is 14.7 Å². The Morgan fingerprint density at radius 2 is 1.68 bits per heavy atom. The summed E-state index contributed by atoms with van der Waals surface area (Å²) in [6.45, 7) is 3.78. The van der Waals surface area contributed by atoms with Crippen LogP contribution < -0.4 is 10.6 Å². The van der Waals surface area contributed by atoms with Gasteiger partial charge >= 0.3 is 0 Å². The predicted octanol–water partition coefficient (Wildman–Crippen LogP) is 6.70. The maximum atomic E-state index is 13.2. The van der Waals surface area contributed by atoms with Crippen LogP contribution in [0.25, 0.3) is 32.9 Å². The van der Waals surface area contributed by atoms with Gasteiger partial charge in [0.15, 0.2) is 0 Å². The molecule has 0 spiro atoms. The molecule has 4 aromatic rings. The topological polar surface area (TPSA) is 83.4 Å². The minimum atomic E-state index is -0.479. The van der Waals surface area contributed by atoms with E-state index in [2.05, 4.69) is 22.1 Å². The molecule has 6 nitrogen and oxygen atoms in total. The van der Waals surface area contributed by atoms with Crippen molar-refractivity contribution >= 4 is 56.8 Å². The molecule has 0 saturated carbocycles. The third kappa shape index (κ3) is 4.37. The van der Waals surface area contributed by atoms with Gasteiger partial charge in [-0.05, 0) is 75.2 Å². The Labute approximate surface area is 225 Å². The summed E-state index contributed by atoms with van der Waals surface area (Å²) >= 11 is 13.1. The van der Waals surface area contributed by atoms with Gasteiger partial charge < -0.3 is 15.0 Å². The van der Waals surface area contributed by atoms with Crippen LogP contribution in [0.4, 0.5) is 0 Å². The molecule has 0 aliphatic carbocycles. The Balaban J connectivity index is 1.84. The number of carbonyl (C=O) groups is 2. The molecular formula is C29H29Cl2N3O3. The van der Waals surface area contributed by atoms with Gasteiger partial charge in [0.2, 0.25) is 0 Å². The summed E-state index contributed by atoms with van der Waals surface area (Å²) in [5, 5.41) is 18.8. The molecule has 2 amide bonds. The second-order valence-corrected chi connectivity index (χ2v) is 10.3. The van der Waals surface area contributed by atoms with Gasteiger partial charge in [0, 0.05) is 44.0 Å². The fourth-order valence-corrected chi connectivity index (χ4v) is 5.95. The summed E-state index contributed by atoms with van der Waals surface area (Å²) in [5.74, 6) is -0.740. The first-order chi connectivity index (χ1) is 17.9. The Morgan fingerprint density at radius 3 is 2.38 bits per heavy atom. The molecule has 0 saturated heterocycles. The van der Waals surface area contributed by atoms with Crippen LogP contribution in [0, 0.1) is 0 Å². The molecule has 0 radical (unpaired) electrons. The van der Waals surface area contributed by atoms with E-state index in [1.807, 2.05) is 19.2 Å². The van der Waals surface area contributed by atoms with Crippen molar-refractivity contribution in [3.8, 4) is 16.9 Å². The average Bonchev–Trinajstić information content (AvgIpc) is 3.32. The van der Waals surface area contributed by atoms with Gasteiger partial charge in [0.1, 0.15) is 5.75 Å². The molecule has 1 aliphatic heterocycles. The number of aromatic hydroxyl groups is 1. The number of amides is 2. The predicted molar refractivity (Wildman–Crippen MR) is 150 cm³/mol. The van der Waals surface area contributed by atoms with Crippen LogP contribution in [0.1, 0.15) is 58.9 Å². The third-order valence-corrected chi connectivity index (χ3v) is 7.76. The van der Waals surface area contributed by atoms with Crippen LogP contribution >= 0.6 is 23.2 Å². The minimum absolute atomic E-state index is 0.197. The normalized spacial score (nSPS) is 13.1. The monoisotopic (exact) mass is 537 g/mol. The van der Waals surface area contributed by atoms with Crippen LogP contribution in [0.3, 0.4) is 0 Å².